The summed E-state index contributed by atoms with van der Waals surface area (Å²) in [6, 6.07) is 10.6. The Hall–Kier alpha value is -2.45. The zero-order valence-corrected chi connectivity index (χ0v) is 14.6. The van der Waals surface area contributed by atoms with Gasteiger partial charge in [-0.05, 0) is 36.4 Å². The van der Waals surface area contributed by atoms with Crippen molar-refractivity contribution in [2.45, 2.75) is 6.54 Å². The Balaban J connectivity index is 2.06. The number of carbonyl (C=O) groups is 1. The van der Waals surface area contributed by atoms with Gasteiger partial charge in [-0.15, -0.1) is 0 Å². The van der Waals surface area contributed by atoms with Crippen molar-refractivity contribution in [1.29, 1.82) is 0 Å². The van der Waals surface area contributed by atoms with Gasteiger partial charge in [-0.25, -0.2) is 13.1 Å². The van der Waals surface area contributed by atoms with Crippen LogP contribution in [0, 0.1) is 0 Å². The van der Waals surface area contributed by atoms with E-state index in [1.54, 1.807) is 12.1 Å². The number of hydrogen-bond acceptors (Lipinski definition) is 5. The number of carbonyl (C=O) groups excluding carboxylic acids is 1. The number of sulfonamides is 1. The van der Waals surface area contributed by atoms with Crippen molar-refractivity contribution in [3.05, 3.63) is 53.9 Å². The lowest BCUT2D eigenvalue weighted by atomic mass is 10.2. The van der Waals surface area contributed by atoms with E-state index in [0.29, 0.717) is 16.9 Å². The quantitative estimate of drug-likeness (QED) is 0.824. The van der Waals surface area contributed by atoms with Crippen LogP contribution in [0.2, 0.25) is 0 Å². The Morgan fingerprint density at radius 2 is 1.83 bits per heavy atom. The Labute approximate surface area is 141 Å². The minimum Gasteiger partial charge on any atom is -0.378 e. The van der Waals surface area contributed by atoms with Gasteiger partial charge in [0.2, 0.25) is 10.0 Å². The number of aromatic nitrogens is 1. The summed E-state index contributed by atoms with van der Waals surface area (Å²) in [5.41, 5.74) is 2.59. The largest absolute Gasteiger partial charge is 0.378 e. The van der Waals surface area contributed by atoms with Crippen molar-refractivity contribution >= 4 is 27.3 Å². The number of nitrogens with zero attached hydrogens (tertiary/aromatic N) is 2. The van der Waals surface area contributed by atoms with Crippen molar-refractivity contribution < 1.29 is 13.2 Å². The minimum atomic E-state index is -3.31. The minimum absolute atomic E-state index is 0.0392. The third-order valence-electron chi connectivity index (χ3n) is 3.24. The third kappa shape index (κ3) is 5.32. The number of nitrogens with one attached hydrogen (secondary N) is 2. The number of anilines is 2. The van der Waals surface area contributed by atoms with Crippen LogP contribution in [0.1, 0.15) is 16.1 Å². The molecule has 2 rings (SSSR count). The van der Waals surface area contributed by atoms with E-state index in [-0.39, 0.29) is 12.5 Å². The SMILES string of the molecule is CN(C)c1ccc(NC(=O)c2ccnc(CNS(C)(=O)=O)c2)cc1. The molecule has 1 heterocycles. The standard InChI is InChI=1S/C16H20N4O3S/c1-20(2)15-6-4-13(5-7-15)19-16(21)12-8-9-17-14(10-12)11-18-24(3,22)23/h4-10,18H,11H2,1-3H3,(H,19,21). The molecule has 8 heteroatoms. The van der Waals surface area contributed by atoms with Gasteiger partial charge >= 0.3 is 0 Å². The van der Waals surface area contributed by atoms with Crippen molar-refractivity contribution in [2.24, 2.45) is 0 Å². The average molecular weight is 348 g/mol. The molecule has 0 aliphatic rings. The first-order valence-corrected chi connectivity index (χ1v) is 9.12. The molecule has 0 radical (unpaired) electrons. The van der Waals surface area contributed by atoms with Gasteiger partial charge in [-0.2, -0.15) is 0 Å². The predicted molar refractivity (Wildman–Crippen MR) is 94.6 cm³/mol. The number of pyridine rings is 1. The molecule has 1 amide bonds. The Morgan fingerprint density at radius 3 is 2.42 bits per heavy atom. The van der Waals surface area contributed by atoms with E-state index < -0.39 is 10.0 Å². The Kier molecular flexibility index (Phi) is 5.53. The average Bonchev–Trinajstić information content (AvgIpc) is 2.53. The molecule has 2 aromatic rings. The highest BCUT2D eigenvalue weighted by molar-refractivity contribution is 7.88. The van der Waals surface area contributed by atoms with Gasteiger partial charge in [-0.3, -0.25) is 9.78 Å². The van der Waals surface area contributed by atoms with Gasteiger partial charge in [0.05, 0.1) is 18.5 Å². The normalized spacial score (nSPS) is 11.1. The van der Waals surface area contributed by atoms with Crippen LogP contribution in [0.5, 0.6) is 0 Å². The maximum Gasteiger partial charge on any atom is 0.255 e. The first-order valence-electron chi connectivity index (χ1n) is 7.23. The van der Waals surface area contributed by atoms with Crippen molar-refractivity contribution in [3.63, 3.8) is 0 Å². The molecular formula is C16H20N4O3S. The molecule has 1 aromatic heterocycles. The van der Waals surface area contributed by atoms with Crippen molar-refractivity contribution in [2.75, 3.05) is 30.6 Å². The van der Waals surface area contributed by atoms with Gasteiger partial charge in [0, 0.05) is 37.2 Å². The van der Waals surface area contributed by atoms with E-state index >= 15 is 0 Å². The highest BCUT2D eigenvalue weighted by Gasteiger charge is 2.09. The zero-order valence-electron chi connectivity index (χ0n) is 13.8. The number of hydrogen-bond donors (Lipinski definition) is 2. The molecule has 128 valence electrons. The molecule has 0 aliphatic heterocycles. The highest BCUT2D eigenvalue weighted by atomic mass is 32.2. The Morgan fingerprint density at radius 1 is 1.17 bits per heavy atom. The van der Waals surface area contributed by atoms with Crippen LogP contribution in [-0.4, -0.2) is 39.7 Å². The van der Waals surface area contributed by atoms with E-state index in [1.807, 2.05) is 43.3 Å². The fourth-order valence-corrected chi connectivity index (χ4v) is 2.38. The van der Waals surface area contributed by atoms with Gasteiger partial charge in [0.1, 0.15) is 0 Å². The van der Waals surface area contributed by atoms with E-state index in [4.69, 9.17) is 0 Å². The maximum absolute atomic E-state index is 12.3. The van der Waals surface area contributed by atoms with Crippen LogP contribution in [-0.2, 0) is 16.6 Å². The first kappa shape index (κ1) is 17.9. The third-order valence-corrected chi connectivity index (χ3v) is 3.90. The number of amides is 1. The molecule has 1 aromatic carbocycles. The van der Waals surface area contributed by atoms with Crippen LogP contribution in [0.4, 0.5) is 11.4 Å². The highest BCUT2D eigenvalue weighted by Crippen LogP contribution is 2.16. The topological polar surface area (TPSA) is 91.4 Å². The summed E-state index contributed by atoms with van der Waals surface area (Å²) < 4.78 is 24.6. The summed E-state index contributed by atoms with van der Waals surface area (Å²) in [5.74, 6) is -0.282. The lowest BCUT2D eigenvalue weighted by Crippen LogP contribution is -2.22. The van der Waals surface area contributed by atoms with Gasteiger partial charge in [-0.1, -0.05) is 0 Å². The molecule has 0 fully saturated rings. The number of benzene rings is 1. The molecule has 0 saturated carbocycles. The zero-order chi connectivity index (χ0) is 17.7. The van der Waals surface area contributed by atoms with Crippen molar-refractivity contribution in [3.8, 4) is 0 Å². The second kappa shape index (κ2) is 7.41. The van der Waals surface area contributed by atoms with E-state index in [0.717, 1.165) is 11.9 Å². The predicted octanol–water partition coefficient (Wildman–Crippen LogP) is 1.45. The second-order valence-electron chi connectivity index (χ2n) is 5.52. The molecular weight excluding hydrogens is 328 g/mol. The van der Waals surface area contributed by atoms with Gasteiger partial charge < -0.3 is 10.2 Å². The van der Waals surface area contributed by atoms with Gasteiger partial charge in [0.25, 0.3) is 5.91 Å². The summed E-state index contributed by atoms with van der Waals surface area (Å²) in [6.45, 7) is 0.0392. The van der Waals surface area contributed by atoms with E-state index in [2.05, 4.69) is 15.0 Å². The Bertz CT molecular complexity index is 817. The van der Waals surface area contributed by atoms with Crippen LogP contribution in [0.3, 0.4) is 0 Å². The molecule has 0 bridgehead atoms. The van der Waals surface area contributed by atoms with Crippen LogP contribution < -0.4 is 14.9 Å². The maximum atomic E-state index is 12.3. The summed E-state index contributed by atoms with van der Waals surface area (Å²) >= 11 is 0. The summed E-state index contributed by atoms with van der Waals surface area (Å²) in [5, 5.41) is 2.80. The van der Waals surface area contributed by atoms with Crippen LogP contribution in [0.15, 0.2) is 42.6 Å². The molecule has 24 heavy (non-hydrogen) atoms. The summed E-state index contributed by atoms with van der Waals surface area (Å²) in [4.78, 5) is 18.3. The first-order chi connectivity index (χ1) is 11.2. The van der Waals surface area contributed by atoms with Crippen LogP contribution in [0.25, 0.3) is 0 Å². The fraction of sp³-hybridized carbons (Fsp3) is 0.250. The molecule has 0 saturated heterocycles. The lowest BCUT2D eigenvalue weighted by Gasteiger charge is -2.13. The second-order valence-corrected chi connectivity index (χ2v) is 7.36. The number of rotatable bonds is 6. The monoisotopic (exact) mass is 348 g/mol. The molecule has 0 aliphatic carbocycles. The molecule has 2 N–H and O–H groups in total. The van der Waals surface area contributed by atoms with Crippen molar-refractivity contribution in [1.82, 2.24) is 9.71 Å². The summed E-state index contributed by atoms with van der Waals surface area (Å²) in [7, 11) is 0.573. The molecule has 7 nitrogen and oxygen atoms in total. The van der Waals surface area contributed by atoms with Gasteiger partial charge in [0.15, 0.2) is 0 Å². The lowest BCUT2D eigenvalue weighted by molar-refractivity contribution is 0.102. The molecule has 0 spiro atoms. The molecule has 0 unspecified atom stereocenters. The van der Waals surface area contributed by atoms with E-state index in [1.165, 1.54) is 6.20 Å². The molecule has 0 atom stereocenters. The smallest absolute Gasteiger partial charge is 0.255 e. The summed E-state index contributed by atoms with van der Waals surface area (Å²) in [6.07, 6.45) is 2.55. The van der Waals surface area contributed by atoms with Crippen LogP contribution >= 0.6 is 0 Å². The fourth-order valence-electron chi connectivity index (χ4n) is 1.97. The van der Waals surface area contributed by atoms with E-state index in [9.17, 15) is 13.2 Å².